The van der Waals surface area contributed by atoms with E-state index < -0.39 is 18.3 Å². The molecule has 0 bridgehead atoms. The molecule has 2 aromatic rings. The van der Waals surface area contributed by atoms with Crippen LogP contribution in [0.3, 0.4) is 0 Å². The van der Waals surface area contributed by atoms with E-state index in [0.29, 0.717) is 5.56 Å². The van der Waals surface area contributed by atoms with E-state index in [1.165, 1.54) is 0 Å². The van der Waals surface area contributed by atoms with Crippen LogP contribution in [0.5, 0.6) is 0 Å². The Hall–Kier alpha value is -2.37. The van der Waals surface area contributed by atoms with E-state index in [4.69, 9.17) is 4.74 Å². The highest BCUT2D eigenvalue weighted by Gasteiger charge is 2.21. The number of rotatable bonds is 6. The Balaban J connectivity index is 1.85. The molecule has 140 valence electrons. The monoisotopic (exact) mass is 357 g/mol. The Morgan fingerprint density at radius 1 is 1.08 bits per heavy atom. The molecule has 1 amide bonds. The van der Waals surface area contributed by atoms with Gasteiger partial charge in [0.25, 0.3) is 0 Å². The van der Waals surface area contributed by atoms with Gasteiger partial charge in [-0.2, -0.15) is 0 Å². The molecule has 5 heteroatoms. The van der Waals surface area contributed by atoms with Gasteiger partial charge in [0.1, 0.15) is 18.8 Å². The van der Waals surface area contributed by atoms with E-state index in [2.05, 4.69) is 26.1 Å². The van der Waals surface area contributed by atoms with Gasteiger partial charge in [0.15, 0.2) is 0 Å². The summed E-state index contributed by atoms with van der Waals surface area (Å²) in [5.41, 5.74) is 2.50. The van der Waals surface area contributed by atoms with E-state index >= 15 is 0 Å². The van der Waals surface area contributed by atoms with Crippen molar-refractivity contribution in [3.63, 3.8) is 0 Å². The second kappa shape index (κ2) is 8.83. The van der Waals surface area contributed by atoms with E-state index in [-0.39, 0.29) is 18.6 Å². The number of aliphatic hydroxyl groups excluding tert-OH is 2. The highest BCUT2D eigenvalue weighted by molar-refractivity contribution is 5.67. The fourth-order valence-electron chi connectivity index (χ4n) is 2.48. The van der Waals surface area contributed by atoms with Crippen molar-refractivity contribution in [1.29, 1.82) is 0 Å². The third kappa shape index (κ3) is 5.86. The van der Waals surface area contributed by atoms with Crippen LogP contribution >= 0.6 is 0 Å². The maximum atomic E-state index is 11.7. The number of alkyl carbamates (subject to hydrolysis) is 1. The zero-order valence-electron chi connectivity index (χ0n) is 15.5. The van der Waals surface area contributed by atoms with Crippen molar-refractivity contribution in [2.75, 3.05) is 6.54 Å². The molecule has 0 radical (unpaired) electrons. The number of benzene rings is 2. The van der Waals surface area contributed by atoms with Gasteiger partial charge in [0.2, 0.25) is 0 Å². The lowest BCUT2D eigenvalue weighted by Gasteiger charge is -2.23. The van der Waals surface area contributed by atoms with Gasteiger partial charge in [-0.15, -0.1) is 0 Å². The lowest BCUT2D eigenvalue weighted by atomic mass is 9.85. The lowest BCUT2D eigenvalue weighted by molar-refractivity contribution is 0.0183. The molecule has 2 atom stereocenters. The summed E-state index contributed by atoms with van der Waals surface area (Å²) >= 11 is 0. The Kier molecular flexibility index (Phi) is 6.77. The first-order valence-corrected chi connectivity index (χ1v) is 8.68. The largest absolute Gasteiger partial charge is 0.445 e. The van der Waals surface area contributed by atoms with Gasteiger partial charge in [-0.3, -0.25) is 0 Å². The van der Waals surface area contributed by atoms with Crippen LogP contribution in [0.4, 0.5) is 4.79 Å². The summed E-state index contributed by atoms with van der Waals surface area (Å²) in [7, 11) is 0. The van der Waals surface area contributed by atoms with Crippen LogP contribution in [0.1, 0.15) is 43.6 Å². The summed E-state index contributed by atoms with van der Waals surface area (Å²) in [6.07, 6.45) is -2.86. The van der Waals surface area contributed by atoms with E-state index in [1.807, 2.05) is 48.5 Å². The van der Waals surface area contributed by atoms with Gasteiger partial charge in [0.05, 0.1) is 0 Å². The molecule has 0 aliphatic carbocycles. The van der Waals surface area contributed by atoms with Gasteiger partial charge in [-0.25, -0.2) is 4.79 Å². The maximum Gasteiger partial charge on any atom is 0.407 e. The summed E-state index contributed by atoms with van der Waals surface area (Å²) in [5.74, 6) is 0. The summed E-state index contributed by atoms with van der Waals surface area (Å²) in [5, 5.41) is 23.0. The summed E-state index contributed by atoms with van der Waals surface area (Å²) < 4.78 is 5.08. The third-order valence-electron chi connectivity index (χ3n) is 4.13. The van der Waals surface area contributed by atoms with Gasteiger partial charge >= 0.3 is 6.09 Å². The quantitative estimate of drug-likeness (QED) is 0.741. The number of carbonyl (C=O) groups is 1. The van der Waals surface area contributed by atoms with Crippen molar-refractivity contribution in [2.24, 2.45) is 0 Å². The Morgan fingerprint density at radius 2 is 1.77 bits per heavy atom. The molecule has 5 nitrogen and oxygen atoms in total. The zero-order valence-corrected chi connectivity index (χ0v) is 15.5. The van der Waals surface area contributed by atoms with Crippen molar-refractivity contribution in [3.05, 3.63) is 71.3 Å². The fraction of sp³-hybridized carbons (Fsp3) is 0.381. The van der Waals surface area contributed by atoms with Gasteiger partial charge in [-0.1, -0.05) is 75.4 Å². The standard InChI is InChI=1S/C21H27NO4/c1-21(2,3)17-11-7-10-16(12-17)19(24)18(23)13-22-20(25)26-14-15-8-5-4-6-9-15/h4-12,18-19,23-24H,13-14H2,1-3H3,(H,22,25). The predicted molar refractivity (Wildman–Crippen MR) is 101 cm³/mol. The molecule has 2 unspecified atom stereocenters. The highest BCUT2D eigenvalue weighted by Crippen LogP contribution is 2.26. The van der Waals surface area contributed by atoms with E-state index in [9.17, 15) is 15.0 Å². The molecule has 2 rings (SSSR count). The average molecular weight is 357 g/mol. The molecule has 0 saturated carbocycles. The van der Waals surface area contributed by atoms with Crippen LogP contribution in [0, 0.1) is 0 Å². The van der Waals surface area contributed by atoms with Crippen LogP contribution < -0.4 is 5.32 Å². The number of carbonyl (C=O) groups excluding carboxylic acids is 1. The molecule has 0 aliphatic heterocycles. The number of nitrogens with one attached hydrogen (secondary N) is 1. The number of hydrogen-bond donors (Lipinski definition) is 3. The van der Waals surface area contributed by atoms with Crippen LogP contribution in [-0.2, 0) is 16.8 Å². The summed E-state index contributed by atoms with van der Waals surface area (Å²) in [6.45, 7) is 6.30. The molecular formula is C21H27NO4. The first kappa shape index (κ1) is 19.9. The number of amides is 1. The second-order valence-corrected chi connectivity index (χ2v) is 7.33. The molecule has 0 aliphatic rings. The zero-order chi connectivity index (χ0) is 19.2. The van der Waals surface area contributed by atoms with E-state index in [0.717, 1.165) is 11.1 Å². The Labute approximate surface area is 154 Å². The minimum Gasteiger partial charge on any atom is -0.445 e. The Bertz CT molecular complexity index is 709. The third-order valence-corrected chi connectivity index (χ3v) is 4.13. The fourth-order valence-corrected chi connectivity index (χ4v) is 2.48. The van der Waals surface area contributed by atoms with Crippen molar-refractivity contribution in [3.8, 4) is 0 Å². The van der Waals surface area contributed by atoms with Crippen molar-refractivity contribution < 1.29 is 19.7 Å². The highest BCUT2D eigenvalue weighted by atomic mass is 16.5. The molecule has 0 aromatic heterocycles. The SMILES string of the molecule is CC(C)(C)c1cccc(C(O)C(O)CNC(=O)OCc2ccccc2)c1. The van der Waals surface area contributed by atoms with Gasteiger partial charge in [0, 0.05) is 6.54 Å². The molecule has 26 heavy (non-hydrogen) atoms. The summed E-state index contributed by atoms with van der Waals surface area (Å²) in [6, 6.07) is 16.8. The Morgan fingerprint density at radius 3 is 2.42 bits per heavy atom. The lowest BCUT2D eigenvalue weighted by Crippen LogP contribution is -2.35. The van der Waals surface area contributed by atoms with Crippen molar-refractivity contribution in [2.45, 2.75) is 45.0 Å². The molecule has 0 spiro atoms. The number of aliphatic hydroxyl groups is 2. The minimum absolute atomic E-state index is 0.0554. The second-order valence-electron chi connectivity index (χ2n) is 7.33. The topological polar surface area (TPSA) is 78.8 Å². The van der Waals surface area contributed by atoms with Gasteiger partial charge < -0.3 is 20.3 Å². The molecule has 0 heterocycles. The molecule has 0 saturated heterocycles. The van der Waals surface area contributed by atoms with Crippen molar-refractivity contribution >= 4 is 6.09 Å². The van der Waals surface area contributed by atoms with Crippen LogP contribution in [0.2, 0.25) is 0 Å². The van der Waals surface area contributed by atoms with Crippen LogP contribution in [-0.4, -0.2) is 29.0 Å². The predicted octanol–water partition coefficient (Wildman–Crippen LogP) is 3.30. The molecule has 2 aromatic carbocycles. The smallest absolute Gasteiger partial charge is 0.407 e. The van der Waals surface area contributed by atoms with Crippen molar-refractivity contribution in [1.82, 2.24) is 5.32 Å². The molecular weight excluding hydrogens is 330 g/mol. The van der Waals surface area contributed by atoms with Gasteiger partial charge in [-0.05, 0) is 22.1 Å². The number of ether oxygens (including phenoxy) is 1. The molecule has 0 fully saturated rings. The first-order chi connectivity index (χ1) is 12.3. The average Bonchev–Trinajstić information content (AvgIpc) is 2.64. The first-order valence-electron chi connectivity index (χ1n) is 8.68. The van der Waals surface area contributed by atoms with Crippen LogP contribution in [0.15, 0.2) is 54.6 Å². The normalized spacial score (nSPS) is 13.7. The maximum absolute atomic E-state index is 11.7. The number of hydrogen-bond acceptors (Lipinski definition) is 4. The minimum atomic E-state index is -1.13. The summed E-state index contributed by atoms with van der Waals surface area (Å²) in [4.78, 5) is 11.7. The molecule has 3 N–H and O–H groups in total. The van der Waals surface area contributed by atoms with Crippen LogP contribution in [0.25, 0.3) is 0 Å². The van der Waals surface area contributed by atoms with E-state index in [1.54, 1.807) is 6.07 Å².